The number of benzene rings is 2. The highest BCUT2D eigenvalue weighted by atomic mass is 16.3. The summed E-state index contributed by atoms with van der Waals surface area (Å²) in [5.74, 6) is 0.344. The molecule has 120 valence electrons. The third-order valence-electron chi connectivity index (χ3n) is 3.26. The van der Waals surface area contributed by atoms with Crippen LogP contribution in [0.15, 0.2) is 64.5 Å². The van der Waals surface area contributed by atoms with Crippen LogP contribution in [0.1, 0.15) is 16.8 Å². The van der Waals surface area contributed by atoms with Gasteiger partial charge in [0.1, 0.15) is 11.4 Å². The number of aromatic hydroxyl groups is 1. The number of H-pyrrole nitrogens is 1. The molecule has 3 N–H and O–H groups in total. The average molecular weight is 321 g/mol. The molecule has 0 amide bonds. The van der Waals surface area contributed by atoms with E-state index in [2.05, 4.69) is 25.7 Å². The van der Waals surface area contributed by atoms with E-state index >= 15 is 0 Å². The monoisotopic (exact) mass is 321 g/mol. The van der Waals surface area contributed by atoms with Gasteiger partial charge in [-0.25, -0.2) is 5.43 Å². The van der Waals surface area contributed by atoms with Crippen molar-refractivity contribution in [3.63, 3.8) is 0 Å². The van der Waals surface area contributed by atoms with Crippen molar-refractivity contribution < 1.29 is 5.11 Å². The van der Waals surface area contributed by atoms with Gasteiger partial charge in [0.15, 0.2) is 0 Å². The third-order valence-corrected chi connectivity index (χ3v) is 3.26. The number of hydrogen-bond donors (Lipinski definition) is 3. The summed E-state index contributed by atoms with van der Waals surface area (Å²) in [5, 5.41) is 21.0. The Morgan fingerprint density at radius 2 is 1.83 bits per heavy atom. The van der Waals surface area contributed by atoms with Crippen LogP contribution in [0, 0.1) is 0 Å². The molecule has 0 saturated heterocycles. The Labute approximate surface area is 137 Å². The molecule has 0 bridgehead atoms. The normalized spacial score (nSPS) is 10.8. The Morgan fingerprint density at radius 1 is 1.08 bits per heavy atom. The van der Waals surface area contributed by atoms with Crippen LogP contribution in [0.2, 0.25) is 0 Å². The molecule has 24 heavy (non-hydrogen) atoms. The summed E-state index contributed by atoms with van der Waals surface area (Å²) in [6.07, 6.45) is 1.96. The number of hydrogen-bond acceptors (Lipinski definition) is 6. The molecule has 7 heteroatoms. The minimum Gasteiger partial charge on any atom is -0.508 e. The molecule has 0 spiro atoms. The summed E-state index contributed by atoms with van der Waals surface area (Å²) in [6, 6.07) is 16.1. The molecule has 0 aliphatic heterocycles. The molecule has 3 rings (SSSR count). The molecule has 0 aliphatic carbocycles. The second-order valence-corrected chi connectivity index (χ2v) is 5.07. The molecule has 2 aromatic carbocycles. The molecular weight excluding hydrogens is 306 g/mol. The summed E-state index contributed by atoms with van der Waals surface area (Å²) in [6.45, 7) is 0. The SMILES string of the molecule is O=c1[nH]c(N/N=C/c2ccc(O)cc2)nnc1Cc1ccccc1. The van der Waals surface area contributed by atoms with Crippen LogP contribution in [-0.4, -0.2) is 26.5 Å². The first kappa shape index (κ1) is 15.4. The lowest BCUT2D eigenvalue weighted by atomic mass is 10.1. The van der Waals surface area contributed by atoms with Crippen LogP contribution in [0.5, 0.6) is 5.75 Å². The minimum absolute atomic E-state index is 0.159. The smallest absolute Gasteiger partial charge is 0.274 e. The fraction of sp³-hybridized carbons (Fsp3) is 0.0588. The summed E-state index contributed by atoms with van der Waals surface area (Å²) >= 11 is 0. The van der Waals surface area contributed by atoms with Crippen molar-refractivity contribution >= 4 is 12.2 Å². The van der Waals surface area contributed by atoms with E-state index in [0.717, 1.165) is 11.1 Å². The first-order valence-corrected chi connectivity index (χ1v) is 7.28. The number of nitrogens with one attached hydrogen (secondary N) is 2. The molecule has 0 radical (unpaired) electrons. The van der Waals surface area contributed by atoms with Gasteiger partial charge in [0.05, 0.1) is 6.21 Å². The summed E-state index contributed by atoms with van der Waals surface area (Å²) in [5.41, 5.74) is 4.43. The maximum absolute atomic E-state index is 12.0. The first-order valence-electron chi connectivity index (χ1n) is 7.28. The number of phenolic OH excluding ortho intramolecular Hbond substituents is 1. The van der Waals surface area contributed by atoms with Gasteiger partial charge in [-0.3, -0.25) is 9.78 Å². The van der Waals surface area contributed by atoms with Gasteiger partial charge in [-0.1, -0.05) is 30.3 Å². The second kappa shape index (κ2) is 7.19. The Bertz CT molecular complexity index is 889. The van der Waals surface area contributed by atoms with Crippen LogP contribution >= 0.6 is 0 Å². The zero-order valence-electron chi connectivity index (χ0n) is 12.7. The average Bonchev–Trinajstić information content (AvgIpc) is 2.60. The van der Waals surface area contributed by atoms with Crippen molar-refractivity contribution in [1.82, 2.24) is 15.2 Å². The van der Waals surface area contributed by atoms with E-state index in [9.17, 15) is 9.90 Å². The van der Waals surface area contributed by atoms with Gasteiger partial charge in [-0.15, -0.1) is 10.2 Å². The molecule has 3 aromatic rings. The van der Waals surface area contributed by atoms with Crippen molar-refractivity contribution in [2.24, 2.45) is 5.10 Å². The third kappa shape index (κ3) is 4.04. The number of hydrazone groups is 1. The Kier molecular flexibility index (Phi) is 4.62. The predicted octanol–water partition coefficient (Wildman–Crippen LogP) is 1.91. The van der Waals surface area contributed by atoms with E-state index < -0.39 is 0 Å². The van der Waals surface area contributed by atoms with Crippen LogP contribution in [0.25, 0.3) is 0 Å². The van der Waals surface area contributed by atoms with Gasteiger partial charge in [-0.2, -0.15) is 5.10 Å². The fourth-order valence-corrected chi connectivity index (χ4v) is 2.04. The van der Waals surface area contributed by atoms with E-state index in [-0.39, 0.29) is 17.3 Å². The molecule has 7 nitrogen and oxygen atoms in total. The summed E-state index contributed by atoms with van der Waals surface area (Å²) < 4.78 is 0. The Morgan fingerprint density at radius 3 is 2.54 bits per heavy atom. The lowest BCUT2D eigenvalue weighted by molar-refractivity contribution is 0.475. The van der Waals surface area contributed by atoms with Crippen LogP contribution in [0.3, 0.4) is 0 Å². The first-order chi connectivity index (χ1) is 11.7. The maximum atomic E-state index is 12.0. The fourth-order valence-electron chi connectivity index (χ4n) is 2.04. The second-order valence-electron chi connectivity index (χ2n) is 5.07. The highest BCUT2D eigenvalue weighted by Gasteiger charge is 2.05. The van der Waals surface area contributed by atoms with Gasteiger partial charge in [0.2, 0.25) is 5.95 Å². The van der Waals surface area contributed by atoms with Crippen molar-refractivity contribution in [2.45, 2.75) is 6.42 Å². The molecule has 0 saturated carbocycles. The molecule has 1 aromatic heterocycles. The molecule has 1 heterocycles. The highest BCUT2D eigenvalue weighted by Crippen LogP contribution is 2.08. The highest BCUT2D eigenvalue weighted by molar-refractivity contribution is 5.80. The molecule has 0 atom stereocenters. The predicted molar refractivity (Wildman–Crippen MR) is 91.2 cm³/mol. The van der Waals surface area contributed by atoms with Gasteiger partial charge >= 0.3 is 0 Å². The van der Waals surface area contributed by atoms with Gasteiger partial charge < -0.3 is 5.11 Å². The van der Waals surface area contributed by atoms with Crippen molar-refractivity contribution in [3.05, 3.63) is 81.8 Å². The van der Waals surface area contributed by atoms with Crippen LogP contribution < -0.4 is 11.0 Å². The van der Waals surface area contributed by atoms with Crippen molar-refractivity contribution in [2.75, 3.05) is 5.43 Å². The lowest BCUT2D eigenvalue weighted by Crippen LogP contribution is -2.18. The molecule has 0 unspecified atom stereocenters. The standard InChI is InChI=1S/C17H15N5O2/c23-14-8-6-13(7-9-14)11-18-21-17-19-16(24)15(20-22-17)10-12-4-2-1-3-5-12/h1-9,11,23H,10H2,(H2,19,21,22,24)/b18-11+. The topological polar surface area (TPSA) is 103 Å². The van der Waals surface area contributed by atoms with Gasteiger partial charge in [0, 0.05) is 6.42 Å². The zero-order valence-corrected chi connectivity index (χ0v) is 12.7. The van der Waals surface area contributed by atoms with Crippen molar-refractivity contribution in [3.8, 4) is 5.75 Å². The molecule has 0 aliphatic rings. The van der Waals surface area contributed by atoms with Gasteiger partial charge in [-0.05, 0) is 35.4 Å². The lowest BCUT2D eigenvalue weighted by Gasteiger charge is -2.01. The van der Waals surface area contributed by atoms with E-state index in [4.69, 9.17) is 0 Å². The number of anilines is 1. The number of rotatable bonds is 5. The number of nitrogens with zero attached hydrogens (tertiary/aromatic N) is 3. The van der Waals surface area contributed by atoms with Gasteiger partial charge in [0.25, 0.3) is 5.56 Å². The minimum atomic E-state index is -0.309. The quantitative estimate of drug-likeness (QED) is 0.492. The number of phenols is 1. The summed E-state index contributed by atoms with van der Waals surface area (Å²) in [4.78, 5) is 14.6. The van der Waals surface area contributed by atoms with E-state index in [1.165, 1.54) is 6.21 Å². The van der Waals surface area contributed by atoms with E-state index in [1.807, 2.05) is 30.3 Å². The maximum Gasteiger partial charge on any atom is 0.274 e. The number of aromatic amines is 1. The molecule has 0 fully saturated rings. The largest absolute Gasteiger partial charge is 0.508 e. The number of aromatic nitrogens is 3. The Balaban J connectivity index is 1.66. The zero-order chi connectivity index (χ0) is 16.8. The summed E-state index contributed by atoms with van der Waals surface area (Å²) in [7, 11) is 0. The molecular formula is C17H15N5O2. The van der Waals surface area contributed by atoms with Crippen LogP contribution in [0.4, 0.5) is 5.95 Å². The van der Waals surface area contributed by atoms with E-state index in [1.54, 1.807) is 24.3 Å². The van der Waals surface area contributed by atoms with Crippen LogP contribution in [-0.2, 0) is 6.42 Å². The van der Waals surface area contributed by atoms with Crippen molar-refractivity contribution in [1.29, 1.82) is 0 Å². The van der Waals surface area contributed by atoms with E-state index in [0.29, 0.717) is 12.1 Å². The Hall–Kier alpha value is -3.48.